The van der Waals surface area contributed by atoms with Crippen molar-refractivity contribution in [3.8, 4) is 11.3 Å². The summed E-state index contributed by atoms with van der Waals surface area (Å²) in [6.45, 7) is 3.96. The zero-order chi connectivity index (χ0) is 19.3. The standard InChI is InChI=1S/C21H20ClN5O/c1-13-10-26-11-16(8-17(22)21(26)24-13)18-9-20(28)27-12-15(2-3-19(27)25-18)14-4-6-23-7-5-14/h2-3,8-12,14,23H,4-7H2,1H3. The molecule has 0 amide bonds. The second kappa shape index (κ2) is 6.72. The van der Waals surface area contributed by atoms with Crippen LogP contribution in [0.5, 0.6) is 0 Å². The third kappa shape index (κ3) is 2.99. The molecule has 28 heavy (non-hydrogen) atoms. The third-order valence-corrected chi connectivity index (χ3v) is 5.69. The molecule has 0 radical (unpaired) electrons. The number of pyridine rings is 2. The van der Waals surface area contributed by atoms with E-state index in [1.54, 1.807) is 10.5 Å². The number of hydrogen-bond acceptors (Lipinski definition) is 4. The lowest BCUT2D eigenvalue weighted by atomic mass is 9.91. The molecule has 0 aliphatic carbocycles. The molecule has 4 aromatic rings. The number of hydrogen-bond donors (Lipinski definition) is 1. The smallest absolute Gasteiger partial charge is 0.258 e. The predicted octanol–water partition coefficient (Wildman–Crippen LogP) is 3.44. The van der Waals surface area contributed by atoms with E-state index >= 15 is 0 Å². The Morgan fingerprint density at radius 1 is 1.11 bits per heavy atom. The summed E-state index contributed by atoms with van der Waals surface area (Å²) in [4.78, 5) is 21.9. The summed E-state index contributed by atoms with van der Waals surface area (Å²) in [7, 11) is 0. The lowest BCUT2D eigenvalue weighted by molar-refractivity contribution is 0.459. The first-order valence-electron chi connectivity index (χ1n) is 9.48. The highest BCUT2D eigenvalue weighted by molar-refractivity contribution is 6.33. The average molecular weight is 394 g/mol. The number of nitrogens with one attached hydrogen (secondary N) is 1. The molecule has 6 nitrogen and oxygen atoms in total. The molecule has 0 spiro atoms. The van der Waals surface area contributed by atoms with E-state index in [0.29, 0.717) is 27.9 Å². The predicted molar refractivity (Wildman–Crippen MR) is 110 cm³/mol. The van der Waals surface area contributed by atoms with Crippen LogP contribution in [0.15, 0.2) is 47.7 Å². The maximum Gasteiger partial charge on any atom is 0.258 e. The summed E-state index contributed by atoms with van der Waals surface area (Å²) in [5.41, 5.74) is 4.73. The van der Waals surface area contributed by atoms with Gasteiger partial charge in [0.15, 0.2) is 5.65 Å². The minimum Gasteiger partial charge on any atom is -0.317 e. The molecule has 1 aliphatic rings. The molecule has 0 atom stereocenters. The first kappa shape index (κ1) is 17.4. The van der Waals surface area contributed by atoms with Crippen molar-refractivity contribution in [1.82, 2.24) is 24.1 Å². The van der Waals surface area contributed by atoms with E-state index < -0.39 is 0 Å². The van der Waals surface area contributed by atoms with E-state index in [2.05, 4.69) is 16.4 Å². The van der Waals surface area contributed by atoms with Gasteiger partial charge in [0, 0.05) is 30.2 Å². The molecule has 1 fully saturated rings. The van der Waals surface area contributed by atoms with Crippen LogP contribution < -0.4 is 10.9 Å². The fraction of sp³-hybridized carbons (Fsp3) is 0.286. The number of rotatable bonds is 2. The van der Waals surface area contributed by atoms with Crippen LogP contribution in [0.1, 0.15) is 30.0 Å². The van der Waals surface area contributed by atoms with Gasteiger partial charge in [0.1, 0.15) is 5.65 Å². The molecule has 1 aliphatic heterocycles. The topological polar surface area (TPSA) is 63.7 Å². The van der Waals surface area contributed by atoms with E-state index in [4.69, 9.17) is 16.6 Å². The minimum absolute atomic E-state index is 0.0891. The molecule has 1 N–H and O–H groups in total. The van der Waals surface area contributed by atoms with Crippen molar-refractivity contribution in [3.05, 3.63) is 69.5 Å². The molecule has 7 heteroatoms. The molecule has 1 saturated heterocycles. The third-order valence-electron chi connectivity index (χ3n) is 5.42. The number of nitrogens with zero attached hydrogens (tertiary/aromatic N) is 4. The van der Waals surface area contributed by atoms with Gasteiger partial charge in [-0.1, -0.05) is 17.7 Å². The van der Waals surface area contributed by atoms with Crippen molar-refractivity contribution in [2.45, 2.75) is 25.7 Å². The van der Waals surface area contributed by atoms with Gasteiger partial charge in [0.2, 0.25) is 0 Å². The van der Waals surface area contributed by atoms with Crippen LogP contribution in [-0.2, 0) is 0 Å². The van der Waals surface area contributed by atoms with Crippen molar-refractivity contribution in [3.63, 3.8) is 0 Å². The zero-order valence-electron chi connectivity index (χ0n) is 15.5. The van der Waals surface area contributed by atoms with Crippen LogP contribution >= 0.6 is 11.6 Å². The average Bonchev–Trinajstić information content (AvgIpc) is 3.09. The summed E-state index contributed by atoms with van der Waals surface area (Å²) < 4.78 is 3.51. The second-order valence-electron chi connectivity index (χ2n) is 7.38. The summed E-state index contributed by atoms with van der Waals surface area (Å²) >= 11 is 6.39. The Hall–Kier alpha value is -2.70. The van der Waals surface area contributed by atoms with Crippen LogP contribution in [-0.4, -0.2) is 31.9 Å². The lowest BCUT2D eigenvalue weighted by Crippen LogP contribution is -2.27. The van der Waals surface area contributed by atoms with Gasteiger partial charge in [-0.25, -0.2) is 9.97 Å². The first-order valence-corrected chi connectivity index (χ1v) is 9.85. The molecule has 4 aromatic heterocycles. The van der Waals surface area contributed by atoms with E-state index in [-0.39, 0.29) is 5.56 Å². The van der Waals surface area contributed by atoms with Crippen LogP contribution in [0, 0.1) is 6.92 Å². The number of imidazole rings is 1. The quantitative estimate of drug-likeness (QED) is 0.566. The molecular weight excluding hydrogens is 374 g/mol. The zero-order valence-corrected chi connectivity index (χ0v) is 16.3. The summed E-state index contributed by atoms with van der Waals surface area (Å²) in [5.74, 6) is 0.489. The number of aromatic nitrogens is 4. The van der Waals surface area contributed by atoms with E-state index in [0.717, 1.165) is 37.2 Å². The number of piperidine rings is 1. The van der Waals surface area contributed by atoms with Gasteiger partial charge >= 0.3 is 0 Å². The molecule has 0 saturated carbocycles. The normalized spacial score (nSPS) is 15.5. The van der Waals surface area contributed by atoms with Crippen LogP contribution in [0.2, 0.25) is 5.02 Å². The fourth-order valence-electron chi connectivity index (χ4n) is 3.98. The summed E-state index contributed by atoms with van der Waals surface area (Å²) in [6.07, 6.45) is 7.94. The Morgan fingerprint density at radius 3 is 2.75 bits per heavy atom. The molecule has 0 unspecified atom stereocenters. The maximum absolute atomic E-state index is 12.8. The van der Waals surface area contributed by atoms with Crippen LogP contribution in [0.4, 0.5) is 0 Å². The van der Waals surface area contributed by atoms with Gasteiger partial charge in [-0.3, -0.25) is 9.20 Å². The van der Waals surface area contributed by atoms with E-state index in [1.807, 2.05) is 42.0 Å². The molecular formula is C21H20ClN5O. The van der Waals surface area contributed by atoms with E-state index in [1.165, 1.54) is 5.56 Å². The fourth-order valence-corrected chi connectivity index (χ4v) is 4.24. The van der Waals surface area contributed by atoms with Crippen molar-refractivity contribution >= 4 is 22.9 Å². The Bertz CT molecular complexity index is 1250. The minimum atomic E-state index is -0.0891. The van der Waals surface area contributed by atoms with Crippen LogP contribution in [0.3, 0.4) is 0 Å². The van der Waals surface area contributed by atoms with Gasteiger partial charge in [0.25, 0.3) is 5.56 Å². The lowest BCUT2D eigenvalue weighted by Gasteiger charge is -2.23. The van der Waals surface area contributed by atoms with Gasteiger partial charge in [-0.2, -0.15) is 0 Å². The van der Waals surface area contributed by atoms with Crippen molar-refractivity contribution in [2.75, 3.05) is 13.1 Å². The molecule has 0 aromatic carbocycles. The summed E-state index contributed by atoms with van der Waals surface area (Å²) in [5, 5.41) is 3.92. The Labute approximate surface area is 166 Å². The summed E-state index contributed by atoms with van der Waals surface area (Å²) in [6, 6.07) is 7.41. The largest absolute Gasteiger partial charge is 0.317 e. The molecule has 0 bridgehead atoms. The van der Waals surface area contributed by atoms with Gasteiger partial charge in [-0.15, -0.1) is 0 Å². The van der Waals surface area contributed by atoms with Crippen molar-refractivity contribution in [1.29, 1.82) is 0 Å². The number of aryl methyl sites for hydroxylation is 1. The molecule has 5 heterocycles. The Balaban J connectivity index is 1.60. The first-order chi connectivity index (χ1) is 13.6. The number of fused-ring (bicyclic) bond motifs is 2. The number of halogens is 1. The van der Waals surface area contributed by atoms with Gasteiger partial charge in [0.05, 0.1) is 16.4 Å². The van der Waals surface area contributed by atoms with E-state index in [9.17, 15) is 4.79 Å². The van der Waals surface area contributed by atoms with Crippen molar-refractivity contribution in [2.24, 2.45) is 0 Å². The molecule has 142 valence electrons. The monoisotopic (exact) mass is 393 g/mol. The SMILES string of the molecule is Cc1cn2cc(-c3cc(=O)n4cc(C5CCNCC5)ccc4n3)cc(Cl)c2n1. The van der Waals surface area contributed by atoms with Crippen molar-refractivity contribution < 1.29 is 0 Å². The Morgan fingerprint density at radius 2 is 1.93 bits per heavy atom. The molecule has 5 rings (SSSR count). The highest BCUT2D eigenvalue weighted by Gasteiger charge is 2.16. The van der Waals surface area contributed by atoms with Gasteiger partial charge < -0.3 is 9.72 Å². The maximum atomic E-state index is 12.8. The highest BCUT2D eigenvalue weighted by atomic mass is 35.5. The second-order valence-corrected chi connectivity index (χ2v) is 7.79. The Kier molecular flexibility index (Phi) is 4.18. The van der Waals surface area contributed by atoms with Crippen LogP contribution in [0.25, 0.3) is 22.6 Å². The highest BCUT2D eigenvalue weighted by Crippen LogP contribution is 2.27. The van der Waals surface area contributed by atoms with Gasteiger partial charge in [-0.05, 0) is 56.5 Å².